The van der Waals surface area contributed by atoms with Crippen molar-refractivity contribution in [2.75, 3.05) is 19.0 Å². The van der Waals surface area contributed by atoms with Crippen molar-refractivity contribution in [1.29, 1.82) is 5.26 Å². The summed E-state index contributed by atoms with van der Waals surface area (Å²) in [5, 5.41) is 8.66. The van der Waals surface area contributed by atoms with E-state index in [0.717, 1.165) is 11.3 Å². The molecular weight excluding hydrogens is 228 g/mol. The number of hydrogen-bond acceptors (Lipinski definition) is 4. The van der Waals surface area contributed by atoms with E-state index in [-0.39, 0.29) is 5.56 Å². The molecule has 1 N–H and O–H groups in total. The third-order valence-corrected chi connectivity index (χ3v) is 2.58. The van der Waals surface area contributed by atoms with E-state index in [1.165, 1.54) is 6.20 Å². The fourth-order valence-electron chi connectivity index (χ4n) is 1.54. The third kappa shape index (κ3) is 2.23. The van der Waals surface area contributed by atoms with Gasteiger partial charge in [0.2, 0.25) is 0 Å². The van der Waals surface area contributed by atoms with Crippen LogP contribution in [0.3, 0.4) is 0 Å². The summed E-state index contributed by atoms with van der Waals surface area (Å²) >= 11 is 0. The molecule has 1 aromatic carbocycles. The minimum absolute atomic E-state index is 0.0173. The van der Waals surface area contributed by atoms with Crippen molar-refractivity contribution < 1.29 is 0 Å². The van der Waals surface area contributed by atoms with Gasteiger partial charge in [0, 0.05) is 25.3 Å². The second-order valence-corrected chi connectivity index (χ2v) is 4.03. The molecule has 18 heavy (non-hydrogen) atoms. The van der Waals surface area contributed by atoms with Gasteiger partial charge in [0.15, 0.2) is 0 Å². The number of nitrogens with zero attached hydrogens (tertiary/aromatic N) is 3. The Morgan fingerprint density at radius 3 is 2.44 bits per heavy atom. The largest absolute Gasteiger partial charge is 0.378 e. The number of rotatable bonds is 2. The molecule has 5 nitrogen and oxygen atoms in total. The van der Waals surface area contributed by atoms with Crippen LogP contribution in [0.5, 0.6) is 0 Å². The zero-order valence-electron chi connectivity index (χ0n) is 10.1. The molecule has 0 aliphatic rings. The molecule has 0 radical (unpaired) electrons. The fourth-order valence-corrected chi connectivity index (χ4v) is 1.54. The SMILES string of the molecule is CN(C)c1ccc(-c2ncc(C#N)c(=O)[nH]2)cc1. The molecule has 0 saturated heterocycles. The molecule has 90 valence electrons. The number of aromatic amines is 1. The highest BCUT2D eigenvalue weighted by Crippen LogP contribution is 2.18. The van der Waals surface area contributed by atoms with Crippen molar-refractivity contribution in [3.05, 3.63) is 46.4 Å². The van der Waals surface area contributed by atoms with Crippen LogP contribution in [0.15, 0.2) is 35.3 Å². The number of H-pyrrole nitrogens is 1. The van der Waals surface area contributed by atoms with Crippen LogP contribution in [-0.2, 0) is 0 Å². The quantitative estimate of drug-likeness (QED) is 0.860. The Bertz CT molecular complexity index is 650. The molecule has 0 spiro atoms. The summed E-state index contributed by atoms with van der Waals surface area (Å²) in [4.78, 5) is 20.1. The van der Waals surface area contributed by atoms with Gasteiger partial charge in [-0.2, -0.15) is 5.26 Å². The number of benzene rings is 1. The van der Waals surface area contributed by atoms with Crippen LogP contribution in [-0.4, -0.2) is 24.1 Å². The van der Waals surface area contributed by atoms with Gasteiger partial charge in [-0.15, -0.1) is 0 Å². The van der Waals surface area contributed by atoms with Gasteiger partial charge in [-0.3, -0.25) is 4.79 Å². The number of hydrogen-bond donors (Lipinski definition) is 1. The molecule has 0 fully saturated rings. The highest BCUT2D eigenvalue weighted by Gasteiger charge is 2.04. The number of anilines is 1. The van der Waals surface area contributed by atoms with E-state index in [4.69, 9.17) is 5.26 Å². The Morgan fingerprint density at radius 1 is 1.28 bits per heavy atom. The molecule has 1 heterocycles. The maximum Gasteiger partial charge on any atom is 0.269 e. The van der Waals surface area contributed by atoms with Gasteiger partial charge in [0.05, 0.1) is 6.20 Å². The smallest absolute Gasteiger partial charge is 0.269 e. The minimum atomic E-state index is -0.417. The van der Waals surface area contributed by atoms with Crippen LogP contribution in [0.1, 0.15) is 5.56 Å². The van der Waals surface area contributed by atoms with Crippen LogP contribution in [0, 0.1) is 11.3 Å². The molecule has 1 aromatic heterocycles. The van der Waals surface area contributed by atoms with Crippen LogP contribution in [0.25, 0.3) is 11.4 Å². The lowest BCUT2D eigenvalue weighted by Gasteiger charge is -2.12. The summed E-state index contributed by atoms with van der Waals surface area (Å²) in [5.41, 5.74) is 1.47. The summed E-state index contributed by atoms with van der Waals surface area (Å²) in [7, 11) is 3.91. The van der Waals surface area contributed by atoms with E-state index >= 15 is 0 Å². The minimum Gasteiger partial charge on any atom is -0.378 e. The van der Waals surface area contributed by atoms with E-state index in [1.54, 1.807) is 6.07 Å². The Morgan fingerprint density at radius 2 is 1.94 bits per heavy atom. The Hall–Kier alpha value is -2.61. The number of aromatic nitrogens is 2. The molecular formula is C13H12N4O. The first-order chi connectivity index (χ1) is 8.61. The lowest BCUT2D eigenvalue weighted by Crippen LogP contribution is -2.12. The zero-order chi connectivity index (χ0) is 13.1. The molecule has 0 unspecified atom stereocenters. The van der Waals surface area contributed by atoms with Gasteiger partial charge in [-0.1, -0.05) is 0 Å². The molecule has 0 saturated carbocycles. The molecule has 2 rings (SSSR count). The van der Waals surface area contributed by atoms with Crippen LogP contribution < -0.4 is 10.5 Å². The van der Waals surface area contributed by atoms with Crippen LogP contribution in [0.4, 0.5) is 5.69 Å². The van der Waals surface area contributed by atoms with Gasteiger partial charge in [-0.05, 0) is 24.3 Å². The molecule has 0 atom stereocenters. The predicted molar refractivity (Wildman–Crippen MR) is 69.3 cm³/mol. The Kier molecular flexibility index (Phi) is 3.11. The van der Waals surface area contributed by atoms with Gasteiger partial charge in [0.1, 0.15) is 17.5 Å². The van der Waals surface area contributed by atoms with E-state index in [1.807, 2.05) is 43.3 Å². The molecule has 5 heteroatoms. The maximum absolute atomic E-state index is 11.5. The lowest BCUT2D eigenvalue weighted by molar-refractivity contribution is 1.10. The van der Waals surface area contributed by atoms with E-state index < -0.39 is 5.56 Å². The fraction of sp³-hybridized carbons (Fsp3) is 0.154. The summed E-state index contributed by atoms with van der Waals surface area (Å²) in [5.74, 6) is 0.462. The summed E-state index contributed by atoms with van der Waals surface area (Å²) in [6.07, 6.45) is 1.29. The average molecular weight is 240 g/mol. The Labute approximate surface area is 104 Å². The summed E-state index contributed by atoms with van der Waals surface area (Å²) in [6, 6.07) is 9.41. The van der Waals surface area contributed by atoms with Crippen molar-refractivity contribution >= 4 is 5.69 Å². The van der Waals surface area contributed by atoms with Crippen molar-refractivity contribution in [1.82, 2.24) is 9.97 Å². The van der Waals surface area contributed by atoms with E-state index in [2.05, 4.69) is 9.97 Å². The van der Waals surface area contributed by atoms with Crippen molar-refractivity contribution in [2.24, 2.45) is 0 Å². The second-order valence-electron chi connectivity index (χ2n) is 4.03. The van der Waals surface area contributed by atoms with E-state index in [9.17, 15) is 4.79 Å². The first kappa shape index (κ1) is 11.9. The lowest BCUT2D eigenvalue weighted by atomic mass is 10.2. The van der Waals surface area contributed by atoms with Gasteiger partial charge in [0.25, 0.3) is 5.56 Å². The molecule has 0 aliphatic carbocycles. The van der Waals surface area contributed by atoms with Gasteiger partial charge >= 0.3 is 0 Å². The van der Waals surface area contributed by atoms with Crippen LogP contribution >= 0.6 is 0 Å². The average Bonchev–Trinajstić information content (AvgIpc) is 2.38. The van der Waals surface area contributed by atoms with Crippen molar-refractivity contribution in [3.8, 4) is 17.5 Å². The van der Waals surface area contributed by atoms with Crippen molar-refractivity contribution in [3.63, 3.8) is 0 Å². The maximum atomic E-state index is 11.5. The summed E-state index contributed by atoms with van der Waals surface area (Å²) < 4.78 is 0. The zero-order valence-corrected chi connectivity index (χ0v) is 10.1. The van der Waals surface area contributed by atoms with Crippen molar-refractivity contribution in [2.45, 2.75) is 0 Å². The Balaban J connectivity index is 2.41. The summed E-state index contributed by atoms with van der Waals surface area (Å²) in [6.45, 7) is 0. The molecule has 0 amide bonds. The molecule has 0 bridgehead atoms. The first-order valence-corrected chi connectivity index (χ1v) is 5.39. The first-order valence-electron chi connectivity index (χ1n) is 5.39. The van der Waals surface area contributed by atoms with Crippen LogP contribution in [0.2, 0.25) is 0 Å². The number of nitrogens with one attached hydrogen (secondary N) is 1. The highest BCUT2D eigenvalue weighted by atomic mass is 16.1. The normalized spacial score (nSPS) is 9.83. The van der Waals surface area contributed by atoms with Gasteiger partial charge < -0.3 is 9.88 Å². The van der Waals surface area contributed by atoms with Gasteiger partial charge in [-0.25, -0.2) is 4.98 Å². The standard InChI is InChI=1S/C13H12N4O/c1-17(2)11-5-3-9(4-6-11)12-15-8-10(7-14)13(18)16-12/h3-6,8H,1-2H3,(H,15,16,18). The van der Waals surface area contributed by atoms with E-state index in [0.29, 0.717) is 5.82 Å². The number of nitriles is 1. The molecule has 0 aliphatic heterocycles. The monoisotopic (exact) mass is 240 g/mol. The predicted octanol–water partition coefficient (Wildman–Crippen LogP) is 1.37. The molecule has 2 aromatic rings. The highest BCUT2D eigenvalue weighted by molar-refractivity contribution is 5.60. The third-order valence-electron chi connectivity index (χ3n) is 2.58. The topological polar surface area (TPSA) is 72.8 Å². The second kappa shape index (κ2) is 4.72.